The number of nitrogens with one attached hydrogen (secondary N) is 1. The smallest absolute Gasteiger partial charge is 0.407 e. The first kappa shape index (κ1) is 15.2. The van der Waals surface area contributed by atoms with E-state index in [1.165, 1.54) is 0 Å². The average molecular weight is 295 g/mol. The summed E-state index contributed by atoms with van der Waals surface area (Å²) < 4.78 is 13.4. The number of halogens is 1. The van der Waals surface area contributed by atoms with Crippen molar-refractivity contribution < 1.29 is 19.1 Å². The third kappa shape index (κ3) is 3.90. The highest BCUT2D eigenvalue weighted by molar-refractivity contribution is 5.95. The molecule has 0 bridgehead atoms. The molecule has 2 N–H and O–H groups in total. The van der Waals surface area contributed by atoms with Gasteiger partial charge in [0.15, 0.2) is 0 Å². The molecule has 0 radical (unpaired) electrons. The number of amides is 2. The van der Waals surface area contributed by atoms with Crippen molar-refractivity contribution in [2.24, 2.45) is 0 Å². The van der Waals surface area contributed by atoms with Crippen LogP contribution in [0.2, 0.25) is 0 Å². The van der Waals surface area contributed by atoms with Crippen LogP contribution in [0.25, 0.3) is 0 Å². The van der Waals surface area contributed by atoms with E-state index in [0.29, 0.717) is 5.82 Å². The summed E-state index contributed by atoms with van der Waals surface area (Å²) in [6, 6.07) is 4.28. The fraction of sp³-hybridized carbons (Fsp3) is 0.500. The van der Waals surface area contributed by atoms with Gasteiger partial charge in [-0.15, -0.1) is 0 Å². The van der Waals surface area contributed by atoms with Crippen LogP contribution in [-0.2, 0) is 4.79 Å². The van der Waals surface area contributed by atoms with Crippen LogP contribution >= 0.6 is 0 Å². The molecule has 2 unspecified atom stereocenters. The van der Waals surface area contributed by atoms with Gasteiger partial charge in [0.05, 0.1) is 0 Å². The van der Waals surface area contributed by atoms with E-state index in [9.17, 15) is 19.1 Å². The van der Waals surface area contributed by atoms with Gasteiger partial charge in [-0.2, -0.15) is 0 Å². The number of hydrogen-bond donors (Lipinski definition) is 2. The molecule has 1 fully saturated rings. The first-order chi connectivity index (χ1) is 9.97. The van der Waals surface area contributed by atoms with Crippen LogP contribution in [0, 0.1) is 6.92 Å². The van der Waals surface area contributed by atoms with E-state index in [1.807, 2.05) is 0 Å². The van der Waals surface area contributed by atoms with Gasteiger partial charge < -0.3 is 10.4 Å². The summed E-state index contributed by atoms with van der Waals surface area (Å²) in [6.45, 7) is 1.81. The lowest BCUT2D eigenvalue weighted by atomic mass is 10.1. The van der Waals surface area contributed by atoms with E-state index in [1.54, 1.807) is 25.1 Å². The van der Waals surface area contributed by atoms with E-state index in [-0.39, 0.29) is 25.8 Å². The van der Waals surface area contributed by atoms with Gasteiger partial charge in [-0.1, -0.05) is 6.07 Å². The highest BCUT2D eigenvalue weighted by atomic mass is 19.1. The number of carbonyl (C=O) groups excluding carboxylic acids is 1. The lowest BCUT2D eigenvalue weighted by Crippen LogP contribution is -2.46. The number of rotatable bonds is 2. The molecule has 0 aromatic carbocycles. The Balaban J connectivity index is 2.12. The van der Waals surface area contributed by atoms with Gasteiger partial charge in [0.2, 0.25) is 5.91 Å². The molecule has 0 saturated carbocycles. The fourth-order valence-corrected chi connectivity index (χ4v) is 2.40. The molecule has 2 atom stereocenters. The summed E-state index contributed by atoms with van der Waals surface area (Å²) in [5.41, 5.74) is 0.743. The Bertz CT molecular complexity index is 538. The monoisotopic (exact) mass is 295 g/mol. The zero-order chi connectivity index (χ0) is 15.4. The summed E-state index contributed by atoms with van der Waals surface area (Å²) >= 11 is 0. The molecule has 2 heterocycles. The summed E-state index contributed by atoms with van der Waals surface area (Å²) in [4.78, 5) is 28.7. The predicted octanol–water partition coefficient (Wildman–Crippen LogP) is 2.20. The third-order valence-corrected chi connectivity index (χ3v) is 3.50. The van der Waals surface area contributed by atoms with Crippen molar-refractivity contribution in [3.8, 4) is 0 Å². The predicted molar refractivity (Wildman–Crippen MR) is 74.9 cm³/mol. The highest BCUT2D eigenvalue weighted by Gasteiger charge is 2.33. The molecule has 7 heteroatoms. The highest BCUT2D eigenvalue weighted by Crippen LogP contribution is 2.21. The molecule has 6 nitrogen and oxygen atoms in total. The van der Waals surface area contributed by atoms with Crippen LogP contribution in [0.15, 0.2) is 18.2 Å². The van der Waals surface area contributed by atoms with Crippen LogP contribution in [-0.4, -0.2) is 45.7 Å². The average Bonchev–Trinajstić information content (AvgIpc) is 2.60. The largest absolute Gasteiger partial charge is 0.465 e. The van der Waals surface area contributed by atoms with Crippen molar-refractivity contribution in [2.75, 3.05) is 11.9 Å². The quantitative estimate of drug-likeness (QED) is 0.876. The zero-order valence-corrected chi connectivity index (χ0v) is 11.8. The molecule has 1 aliphatic rings. The number of anilines is 1. The van der Waals surface area contributed by atoms with Gasteiger partial charge >= 0.3 is 6.09 Å². The minimum absolute atomic E-state index is 0.0236. The number of aryl methyl sites for hydroxylation is 1. The van der Waals surface area contributed by atoms with E-state index in [4.69, 9.17) is 0 Å². The Morgan fingerprint density at radius 2 is 2.14 bits per heavy atom. The number of pyridine rings is 1. The number of nitrogens with zero attached hydrogens (tertiary/aromatic N) is 2. The minimum atomic E-state index is -1.21. The van der Waals surface area contributed by atoms with Crippen LogP contribution in [0.3, 0.4) is 0 Å². The Kier molecular flexibility index (Phi) is 4.72. The second kappa shape index (κ2) is 6.51. The third-order valence-electron chi connectivity index (χ3n) is 3.50. The molecule has 2 rings (SSSR count). The number of alkyl halides is 1. The van der Waals surface area contributed by atoms with Gasteiger partial charge in [0, 0.05) is 12.2 Å². The fourth-order valence-electron chi connectivity index (χ4n) is 2.40. The van der Waals surface area contributed by atoms with Crippen molar-refractivity contribution in [1.82, 2.24) is 9.88 Å². The molecular formula is C14H18FN3O3. The molecule has 2 amide bonds. The maximum atomic E-state index is 13.4. The van der Waals surface area contributed by atoms with E-state index < -0.39 is 24.2 Å². The van der Waals surface area contributed by atoms with E-state index in [2.05, 4.69) is 10.3 Å². The van der Waals surface area contributed by atoms with Gasteiger partial charge in [-0.3, -0.25) is 9.69 Å². The Labute approximate surface area is 122 Å². The molecule has 1 saturated heterocycles. The van der Waals surface area contributed by atoms with Crippen LogP contribution in [0.4, 0.5) is 15.0 Å². The minimum Gasteiger partial charge on any atom is -0.465 e. The van der Waals surface area contributed by atoms with E-state index >= 15 is 0 Å². The molecule has 114 valence electrons. The maximum absolute atomic E-state index is 13.4. The first-order valence-corrected chi connectivity index (χ1v) is 6.85. The van der Waals surface area contributed by atoms with Crippen molar-refractivity contribution >= 4 is 17.8 Å². The van der Waals surface area contributed by atoms with Gasteiger partial charge in [-0.05, 0) is 38.3 Å². The molecule has 1 aromatic heterocycles. The number of hydrogen-bond acceptors (Lipinski definition) is 3. The van der Waals surface area contributed by atoms with Crippen LogP contribution in [0.1, 0.15) is 25.0 Å². The van der Waals surface area contributed by atoms with Gasteiger partial charge in [-0.25, -0.2) is 14.2 Å². The molecule has 0 spiro atoms. The Morgan fingerprint density at radius 3 is 2.81 bits per heavy atom. The SMILES string of the molecule is Cc1cccc(NC(=O)C2CCC(F)CCN2C(=O)O)n1. The number of carbonyl (C=O) groups is 2. The standard InChI is InChI=1S/C14H18FN3O3/c1-9-3-2-4-12(16-9)17-13(19)11-6-5-10(15)7-8-18(11)14(20)21/h2-4,10-11H,5-8H2,1H3,(H,20,21)(H,16,17,19). The van der Waals surface area contributed by atoms with Crippen molar-refractivity contribution in [2.45, 2.75) is 38.4 Å². The lowest BCUT2D eigenvalue weighted by molar-refractivity contribution is -0.120. The van der Waals surface area contributed by atoms with Crippen LogP contribution < -0.4 is 5.32 Å². The first-order valence-electron chi connectivity index (χ1n) is 6.85. The molecule has 1 aliphatic heterocycles. The normalized spacial score (nSPS) is 22.5. The Hall–Kier alpha value is -2.18. The molecule has 0 aliphatic carbocycles. The molecular weight excluding hydrogens is 277 g/mol. The number of aromatic nitrogens is 1. The van der Waals surface area contributed by atoms with Gasteiger partial charge in [0.1, 0.15) is 18.0 Å². The topological polar surface area (TPSA) is 82.5 Å². The molecule has 21 heavy (non-hydrogen) atoms. The zero-order valence-electron chi connectivity index (χ0n) is 11.8. The number of likely N-dealkylation sites (tertiary alicyclic amines) is 1. The van der Waals surface area contributed by atoms with Gasteiger partial charge in [0.25, 0.3) is 0 Å². The second-order valence-corrected chi connectivity index (χ2v) is 5.11. The second-order valence-electron chi connectivity index (χ2n) is 5.11. The summed E-state index contributed by atoms with van der Waals surface area (Å²) in [5.74, 6) is -0.101. The Morgan fingerprint density at radius 1 is 1.38 bits per heavy atom. The van der Waals surface area contributed by atoms with E-state index in [0.717, 1.165) is 10.6 Å². The maximum Gasteiger partial charge on any atom is 0.407 e. The number of carboxylic acid groups (broad SMARTS) is 1. The van der Waals surface area contributed by atoms with Crippen LogP contribution in [0.5, 0.6) is 0 Å². The summed E-state index contributed by atoms with van der Waals surface area (Å²) in [5, 5.41) is 11.8. The molecule has 1 aromatic rings. The van der Waals surface area contributed by atoms with Crippen molar-refractivity contribution in [3.63, 3.8) is 0 Å². The van der Waals surface area contributed by atoms with Crippen molar-refractivity contribution in [1.29, 1.82) is 0 Å². The lowest BCUT2D eigenvalue weighted by Gasteiger charge is -2.25. The van der Waals surface area contributed by atoms with Crippen molar-refractivity contribution in [3.05, 3.63) is 23.9 Å². The summed E-state index contributed by atoms with van der Waals surface area (Å²) in [6.07, 6.45) is -1.80. The summed E-state index contributed by atoms with van der Waals surface area (Å²) in [7, 11) is 0.